The highest BCUT2D eigenvalue weighted by Gasteiger charge is 2.21. The van der Waals surface area contributed by atoms with E-state index >= 15 is 0 Å². The molecule has 3 aromatic rings. The number of sulfonamides is 1. The number of benzene rings is 2. The number of anilines is 1. The van der Waals surface area contributed by atoms with Gasteiger partial charge in [-0.1, -0.05) is 12.1 Å². The van der Waals surface area contributed by atoms with Gasteiger partial charge in [0.1, 0.15) is 27.8 Å². The Balaban J connectivity index is 1.90. The van der Waals surface area contributed by atoms with Crippen LogP contribution >= 0.6 is 0 Å². The predicted octanol–water partition coefficient (Wildman–Crippen LogP) is 2.86. The van der Waals surface area contributed by atoms with E-state index in [2.05, 4.69) is 9.82 Å². The second-order valence-corrected chi connectivity index (χ2v) is 7.28. The topological polar surface area (TPSA) is 101 Å². The first-order chi connectivity index (χ1) is 12.7. The molecule has 27 heavy (non-hydrogen) atoms. The van der Waals surface area contributed by atoms with Gasteiger partial charge in [-0.3, -0.25) is 9.40 Å². The van der Waals surface area contributed by atoms with E-state index in [-0.39, 0.29) is 16.9 Å². The van der Waals surface area contributed by atoms with Crippen molar-refractivity contribution in [3.63, 3.8) is 0 Å². The Bertz CT molecular complexity index is 1130. The van der Waals surface area contributed by atoms with E-state index in [1.165, 1.54) is 35.1 Å². The molecule has 0 unspecified atom stereocenters. The van der Waals surface area contributed by atoms with Crippen LogP contribution < -0.4 is 4.72 Å². The monoisotopic (exact) mass is 393 g/mol. The molecule has 0 fully saturated rings. The first-order valence-corrected chi connectivity index (χ1v) is 9.01. The number of nitrogens with one attached hydrogen (secondary N) is 1. The first-order valence-electron chi connectivity index (χ1n) is 7.52. The molecule has 0 saturated heterocycles. The minimum atomic E-state index is -4.34. The molecular weight excluding hydrogens is 380 g/mol. The van der Waals surface area contributed by atoms with Gasteiger partial charge < -0.3 is 5.11 Å². The molecule has 10 heteroatoms. The molecule has 0 aliphatic heterocycles. The third-order valence-electron chi connectivity index (χ3n) is 3.65. The average molecular weight is 393 g/mol. The van der Waals surface area contributed by atoms with Crippen molar-refractivity contribution >= 4 is 21.7 Å². The Morgan fingerprint density at radius 3 is 2.44 bits per heavy atom. The summed E-state index contributed by atoms with van der Waals surface area (Å²) in [5.41, 5.74) is 0.756. The number of rotatable bonds is 5. The van der Waals surface area contributed by atoms with Crippen molar-refractivity contribution in [2.24, 2.45) is 7.05 Å². The minimum absolute atomic E-state index is 0.00679. The molecule has 2 aromatic carbocycles. The number of carboxylic acids is 1. The molecule has 0 radical (unpaired) electrons. The Kier molecular flexibility index (Phi) is 4.66. The van der Waals surface area contributed by atoms with Crippen molar-refractivity contribution in [3.05, 3.63) is 65.9 Å². The summed E-state index contributed by atoms with van der Waals surface area (Å²) in [6, 6.07) is 7.79. The highest BCUT2D eigenvalue weighted by molar-refractivity contribution is 7.92. The van der Waals surface area contributed by atoms with E-state index in [0.717, 1.165) is 12.1 Å². The smallest absolute Gasteiger partial charge is 0.339 e. The molecule has 1 aromatic heterocycles. The highest BCUT2D eigenvalue weighted by Crippen LogP contribution is 2.25. The summed E-state index contributed by atoms with van der Waals surface area (Å²) < 4.78 is 55.0. The number of aromatic nitrogens is 2. The van der Waals surface area contributed by atoms with Gasteiger partial charge in [-0.2, -0.15) is 5.10 Å². The van der Waals surface area contributed by atoms with Gasteiger partial charge in [-0.05, 0) is 30.3 Å². The van der Waals surface area contributed by atoms with E-state index in [0.29, 0.717) is 11.6 Å². The molecule has 0 spiro atoms. The molecule has 1 heterocycles. The largest absolute Gasteiger partial charge is 0.478 e. The van der Waals surface area contributed by atoms with E-state index in [4.69, 9.17) is 0 Å². The second-order valence-electron chi connectivity index (χ2n) is 5.63. The van der Waals surface area contributed by atoms with Gasteiger partial charge >= 0.3 is 5.97 Å². The lowest BCUT2D eigenvalue weighted by Crippen LogP contribution is -2.14. The van der Waals surface area contributed by atoms with Gasteiger partial charge in [-0.15, -0.1) is 0 Å². The Hall–Kier alpha value is -3.27. The van der Waals surface area contributed by atoms with Gasteiger partial charge in [-0.25, -0.2) is 22.0 Å². The summed E-state index contributed by atoms with van der Waals surface area (Å²) in [4.78, 5) is 10.5. The molecule has 140 valence electrons. The standard InChI is InChI=1S/C17H13F2N3O4S/c1-22-9-13(17(23)24)16(20-22)10-2-5-12(6-3-10)21-27(25,26)15-8-11(18)4-7-14(15)19/h2-9,21H,1H3,(H,23,24). The fourth-order valence-electron chi connectivity index (χ4n) is 2.45. The van der Waals surface area contributed by atoms with E-state index in [9.17, 15) is 27.1 Å². The van der Waals surface area contributed by atoms with Gasteiger partial charge in [0.05, 0.1) is 0 Å². The van der Waals surface area contributed by atoms with Crippen LogP contribution in [0.4, 0.5) is 14.5 Å². The zero-order valence-corrected chi connectivity index (χ0v) is 14.7. The maximum Gasteiger partial charge on any atom is 0.339 e. The summed E-state index contributed by atoms with van der Waals surface area (Å²) in [6.07, 6.45) is 1.35. The van der Waals surface area contributed by atoms with Gasteiger partial charge in [0.15, 0.2) is 0 Å². The molecule has 0 aliphatic carbocycles. The summed E-state index contributed by atoms with van der Waals surface area (Å²) in [6.45, 7) is 0. The van der Waals surface area contributed by atoms with Crippen molar-refractivity contribution in [2.75, 3.05) is 4.72 Å². The minimum Gasteiger partial charge on any atom is -0.478 e. The zero-order valence-electron chi connectivity index (χ0n) is 13.8. The average Bonchev–Trinajstić information content (AvgIpc) is 2.99. The summed E-state index contributed by atoms with van der Waals surface area (Å²) in [7, 11) is -2.76. The normalized spacial score (nSPS) is 11.4. The van der Waals surface area contributed by atoms with E-state index in [1.807, 2.05) is 0 Å². The van der Waals surface area contributed by atoms with E-state index in [1.54, 1.807) is 7.05 Å². The molecule has 0 amide bonds. The number of hydrogen-bond acceptors (Lipinski definition) is 4. The fraction of sp³-hybridized carbons (Fsp3) is 0.0588. The second kappa shape index (κ2) is 6.80. The SMILES string of the molecule is Cn1cc(C(=O)O)c(-c2ccc(NS(=O)(=O)c3cc(F)ccc3F)cc2)n1. The maximum absolute atomic E-state index is 13.7. The summed E-state index contributed by atoms with van der Waals surface area (Å²) in [5.74, 6) is -3.12. The van der Waals surface area contributed by atoms with Crippen molar-refractivity contribution in [3.8, 4) is 11.3 Å². The quantitative estimate of drug-likeness (QED) is 0.694. The van der Waals surface area contributed by atoms with Crippen LogP contribution in [-0.2, 0) is 17.1 Å². The Morgan fingerprint density at radius 1 is 1.15 bits per heavy atom. The zero-order chi connectivity index (χ0) is 19.8. The third-order valence-corrected chi connectivity index (χ3v) is 5.05. The Morgan fingerprint density at radius 2 is 1.81 bits per heavy atom. The van der Waals surface area contributed by atoms with Crippen LogP contribution in [0.2, 0.25) is 0 Å². The number of aromatic carboxylic acids is 1. The lowest BCUT2D eigenvalue weighted by atomic mass is 10.1. The van der Waals surface area contributed by atoms with Gasteiger partial charge in [0, 0.05) is 24.5 Å². The van der Waals surface area contributed by atoms with Crippen LogP contribution in [0.5, 0.6) is 0 Å². The maximum atomic E-state index is 13.7. The van der Waals surface area contributed by atoms with Crippen molar-refractivity contribution in [1.82, 2.24) is 9.78 Å². The molecule has 3 rings (SSSR count). The number of hydrogen-bond donors (Lipinski definition) is 2. The first kappa shape index (κ1) is 18.5. The lowest BCUT2D eigenvalue weighted by Gasteiger charge is -2.09. The molecular formula is C17H13F2N3O4S. The fourth-order valence-corrected chi connectivity index (χ4v) is 3.60. The third kappa shape index (κ3) is 3.80. The Labute approximate surface area is 152 Å². The van der Waals surface area contributed by atoms with Crippen molar-refractivity contribution < 1.29 is 27.1 Å². The predicted molar refractivity (Wildman–Crippen MR) is 92.8 cm³/mol. The highest BCUT2D eigenvalue weighted by atomic mass is 32.2. The number of carbonyl (C=O) groups is 1. The van der Waals surface area contributed by atoms with Crippen LogP contribution in [0, 0.1) is 11.6 Å². The molecule has 0 atom stereocenters. The van der Waals surface area contributed by atoms with E-state index < -0.39 is 32.5 Å². The lowest BCUT2D eigenvalue weighted by molar-refractivity contribution is 0.0697. The van der Waals surface area contributed by atoms with Gasteiger partial charge in [0.25, 0.3) is 10.0 Å². The number of halogens is 2. The summed E-state index contributed by atoms with van der Waals surface area (Å²) >= 11 is 0. The van der Waals surface area contributed by atoms with Crippen LogP contribution in [0.1, 0.15) is 10.4 Å². The molecule has 0 bridgehead atoms. The van der Waals surface area contributed by atoms with Gasteiger partial charge in [0.2, 0.25) is 0 Å². The number of carboxylic acid groups (broad SMARTS) is 1. The molecule has 7 nitrogen and oxygen atoms in total. The van der Waals surface area contributed by atoms with Crippen LogP contribution in [0.25, 0.3) is 11.3 Å². The van der Waals surface area contributed by atoms with Crippen LogP contribution in [-0.4, -0.2) is 29.3 Å². The van der Waals surface area contributed by atoms with Crippen molar-refractivity contribution in [2.45, 2.75) is 4.90 Å². The van der Waals surface area contributed by atoms with Crippen molar-refractivity contribution in [1.29, 1.82) is 0 Å². The van der Waals surface area contributed by atoms with Crippen LogP contribution in [0.3, 0.4) is 0 Å². The number of aryl methyl sites for hydroxylation is 1. The molecule has 2 N–H and O–H groups in total. The summed E-state index contributed by atoms with van der Waals surface area (Å²) in [5, 5.41) is 13.3. The molecule has 0 saturated carbocycles. The molecule has 0 aliphatic rings. The van der Waals surface area contributed by atoms with Crippen LogP contribution in [0.15, 0.2) is 53.6 Å². The number of nitrogens with zero attached hydrogens (tertiary/aromatic N) is 2.